The van der Waals surface area contributed by atoms with Crippen LogP contribution >= 0.6 is 0 Å². The number of nitrogens with zero attached hydrogens (tertiary/aromatic N) is 1. The summed E-state index contributed by atoms with van der Waals surface area (Å²) in [5.74, 6) is 1.23. The van der Waals surface area contributed by atoms with E-state index in [1.54, 1.807) is 24.4 Å². The molecule has 0 fully saturated rings. The van der Waals surface area contributed by atoms with Crippen LogP contribution in [0.15, 0.2) is 48.7 Å². The molecule has 0 saturated carbocycles. The lowest BCUT2D eigenvalue weighted by atomic mass is 10.2. The number of aromatic nitrogens is 1. The van der Waals surface area contributed by atoms with Crippen molar-refractivity contribution in [3.63, 3.8) is 0 Å². The number of benzene rings is 1. The predicted octanol–water partition coefficient (Wildman–Crippen LogP) is 1.65. The molecule has 20 heavy (non-hydrogen) atoms. The van der Waals surface area contributed by atoms with E-state index in [1.165, 1.54) is 0 Å². The molecule has 1 amide bonds. The summed E-state index contributed by atoms with van der Waals surface area (Å²) in [4.78, 5) is 15.9. The van der Waals surface area contributed by atoms with E-state index in [0.29, 0.717) is 24.6 Å². The highest BCUT2D eigenvalue weighted by molar-refractivity contribution is 5.92. The minimum absolute atomic E-state index is 0.197. The molecule has 1 aromatic heterocycles. The molecule has 102 valence electrons. The Bertz CT molecular complexity index is 601. The van der Waals surface area contributed by atoms with E-state index >= 15 is 0 Å². The van der Waals surface area contributed by atoms with Crippen LogP contribution in [0.3, 0.4) is 0 Å². The molecule has 5 heteroatoms. The molecular formula is C15H14N2O3. The Morgan fingerprint density at radius 1 is 1.20 bits per heavy atom. The van der Waals surface area contributed by atoms with Crippen LogP contribution in [0.1, 0.15) is 10.5 Å². The van der Waals surface area contributed by atoms with Gasteiger partial charge in [0, 0.05) is 6.20 Å². The van der Waals surface area contributed by atoms with E-state index in [9.17, 15) is 4.79 Å². The highest BCUT2D eigenvalue weighted by atomic mass is 16.6. The largest absolute Gasteiger partial charge is 0.486 e. The number of carbonyl (C=O) groups is 1. The lowest BCUT2D eigenvalue weighted by Gasteiger charge is -2.26. The Morgan fingerprint density at radius 3 is 2.80 bits per heavy atom. The van der Waals surface area contributed by atoms with Crippen LogP contribution in [0.5, 0.6) is 11.5 Å². The summed E-state index contributed by atoms with van der Waals surface area (Å²) in [5, 5.41) is 2.79. The number of pyridine rings is 1. The second kappa shape index (κ2) is 5.61. The van der Waals surface area contributed by atoms with Crippen LogP contribution in [0.25, 0.3) is 0 Å². The molecule has 1 N–H and O–H groups in total. The molecule has 3 rings (SSSR count). The SMILES string of the molecule is O=C(NC[C@H]1COc2ccccc2O1)c1ccccn1. The van der Waals surface area contributed by atoms with Crippen LogP contribution in [0.2, 0.25) is 0 Å². The molecule has 0 spiro atoms. The molecule has 2 heterocycles. The highest BCUT2D eigenvalue weighted by Gasteiger charge is 2.21. The van der Waals surface area contributed by atoms with Crippen molar-refractivity contribution in [2.75, 3.05) is 13.2 Å². The maximum atomic E-state index is 11.9. The minimum atomic E-state index is -0.215. The number of nitrogens with one attached hydrogen (secondary N) is 1. The van der Waals surface area contributed by atoms with E-state index < -0.39 is 0 Å². The number of ether oxygens (including phenoxy) is 2. The van der Waals surface area contributed by atoms with Crippen LogP contribution in [-0.2, 0) is 0 Å². The van der Waals surface area contributed by atoms with Crippen molar-refractivity contribution in [1.82, 2.24) is 10.3 Å². The maximum Gasteiger partial charge on any atom is 0.270 e. The fourth-order valence-corrected chi connectivity index (χ4v) is 1.96. The van der Waals surface area contributed by atoms with E-state index in [-0.39, 0.29) is 12.0 Å². The van der Waals surface area contributed by atoms with Crippen LogP contribution in [-0.4, -0.2) is 30.1 Å². The summed E-state index contributed by atoms with van der Waals surface area (Å²) in [5.41, 5.74) is 0.393. The molecular weight excluding hydrogens is 256 g/mol. The van der Waals surface area contributed by atoms with Crippen molar-refractivity contribution in [3.05, 3.63) is 54.4 Å². The Kier molecular flexibility index (Phi) is 3.50. The van der Waals surface area contributed by atoms with Crippen molar-refractivity contribution in [3.8, 4) is 11.5 Å². The molecule has 2 aromatic rings. The van der Waals surface area contributed by atoms with Crippen molar-refractivity contribution in [1.29, 1.82) is 0 Å². The summed E-state index contributed by atoms with van der Waals surface area (Å²) >= 11 is 0. The van der Waals surface area contributed by atoms with Gasteiger partial charge in [-0.15, -0.1) is 0 Å². The quantitative estimate of drug-likeness (QED) is 0.921. The Morgan fingerprint density at radius 2 is 2.00 bits per heavy atom. The van der Waals surface area contributed by atoms with Gasteiger partial charge in [0.2, 0.25) is 0 Å². The zero-order chi connectivity index (χ0) is 13.8. The summed E-state index contributed by atoms with van der Waals surface area (Å²) in [6.07, 6.45) is 1.39. The molecule has 1 aliphatic rings. The van der Waals surface area contributed by atoms with Gasteiger partial charge < -0.3 is 14.8 Å². The molecule has 0 radical (unpaired) electrons. The molecule has 1 aromatic carbocycles. The monoisotopic (exact) mass is 270 g/mol. The van der Waals surface area contributed by atoms with Gasteiger partial charge >= 0.3 is 0 Å². The molecule has 0 saturated heterocycles. The van der Waals surface area contributed by atoms with Gasteiger partial charge in [-0.3, -0.25) is 9.78 Å². The molecule has 5 nitrogen and oxygen atoms in total. The second-order valence-corrected chi connectivity index (χ2v) is 4.42. The summed E-state index contributed by atoms with van der Waals surface area (Å²) < 4.78 is 11.3. The Hall–Kier alpha value is -2.56. The summed E-state index contributed by atoms with van der Waals surface area (Å²) in [6.45, 7) is 0.795. The predicted molar refractivity (Wildman–Crippen MR) is 72.9 cm³/mol. The van der Waals surface area contributed by atoms with Gasteiger partial charge in [-0.2, -0.15) is 0 Å². The Labute approximate surface area is 116 Å². The molecule has 0 bridgehead atoms. The van der Waals surface area contributed by atoms with Gasteiger partial charge in [0.25, 0.3) is 5.91 Å². The van der Waals surface area contributed by atoms with Gasteiger partial charge in [-0.25, -0.2) is 0 Å². The zero-order valence-electron chi connectivity index (χ0n) is 10.8. The number of para-hydroxylation sites is 2. The number of amides is 1. The molecule has 1 atom stereocenters. The van der Waals surface area contributed by atoms with Crippen LogP contribution in [0, 0.1) is 0 Å². The third-order valence-electron chi connectivity index (χ3n) is 2.96. The number of hydrogen-bond donors (Lipinski definition) is 1. The smallest absolute Gasteiger partial charge is 0.270 e. The fraction of sp³-hybridized carbons (Fsp3) is 0.200. The van der Waals surface area contributed by atoms with Gasteiger partial charge in [0.05, 0.1) is 6.54 Å². The number of hydrogen-bond acceptors (Lipinski definition) is 4. The second-order valence-electron chi connectivity index (χ2n) is 4.42. The van der Waals surface area contributed by atoms with E-state index in [2.05, 4.69) is 10.3 Å². The molecule has 1 aliphatic heterocycles. The van der Waals surface area contributed by atoms with Crippen LogP contribution < -0.4 is 14.8 Å². The first-order chi connectivity index (χ1) is 9.83. The van der Waals surface area contributed by atoms with Crippen molar-refractivity contribution >= 4 is 5.91 Å². The first-order valence-electron chi connectivity index (χ1n) is 6.40. The van der Waals surface area contributed by atoms with Gasteiger partial charge in [0.1, 0.15) is 18.4 Å². The topological polar surface area (TPSA) is 60.5 Å². The lowest BCUT2D eigenvalue weighted by Crippen LogP contribution is -2.40. The van der Waals surface area contributed by atoms with Gasteiger partial charge in [0.15, 0.2) is 11.5 Å². The van der Waals surface area contributed by atoms with E-state index in [0.717, 1.165) is 5.75 Å². The van der Waals surface area contributed by atoms with Crippen LogP contribution in [0.4, 0.5) is 0 Å². The first kappa shape index (κ1) is 12.5. The minimum Gasteiger partial charge on any atom is -0.486 e. The molecule has 0 aliphatic carbocycles. The number of fused-ring (bicyclic) bond motifs is 1. The molecule has 0 unspecified atom stereocenters. The third-order valence-corrected chi connectivity index (χ3v) is 2.96. The van der Waals surface area contributed by atoms with E-state index in [1.807, 2.05) is 24.3 Å². The van der Waals surface area contributed by atoms with E-state index in [4.69, 9.17) is 9.47 Å². The third kappa shape index (κ3) is 2.71. The highest BCUT2D eigenvalue weighted by Crippen LogP contribution is 2.30. The van der Waals surface area contributed by atoms with Crippen molar-refractivity contribution < 1.29 is 14.3 Å². The van der Waals surface area contributed by atoms with Gasteiger partial charge in [-0.1, -0.05) is 18.2 Å². The standard InChI is InChI=1S/C15H14N2O3/c18-15(12-5-3-4-8-16-12)17-9-11-10-19-13-6-1-2-7-14(13)20-11/h1-8,11H,9-10H2,(H,17,18)/t11-/m0/s1. The maximum absolute atomic E-state index is 11.9. The number of carbonyl (C=O) groups excluding carboxylic acids is 1. The normalized spacial score (nSPS) is 16.5. The van der Waals surface area contributed by atoms with Gasteiger partial charge in [-0.05, 0) is 24.3 Å². The first-order valence-corrected chi connectivity index (χ1v) is 6.40. The zero-order valence-corrected chi connectivity index (χ0v) is 10.8. The van der Waals surface area contributed by atoms with Crippen molar-refractivity contribution in [2.45, 2.75) is 6.10 Å². The van der Waals surface area contributed by atoms with Crippen molar-refractivity contribution in [2.24, 2.45) is 0 Å². The number of rotatable bonds is 3. The lowest BCUT2D eigenvalue weighted by molar-refractivity contribution is 0.0786. The average molecular weight is 270 g/mol. The summed E-state index contributed by atoms with van der Waals surface area (Å²) in [6, 6.07) is 12.7. The fourth-order valence-electron chi connectivity index (χ4n) is 1.96. The summed E-state index contributed by atoms with van der Waals surface area (Å²) in [7, 11) is 0. The average Bonchev–Trinajstić information content (AvgIpc) is 2.53. The Balaban J connectivity index is 1.57.